The van der Waals surface area contributed by atoms with Crippen LogP contribution >= 0.6 is 50.9 Å². The summed E-state index contributed by atoms with van der Waals surface area (Å²) in [4.78, 5) is 25.9. The van der Waals surface area contributed by atoms with Gasteiger partial charge in [-0.15, -0.1) is 0 Å². The van der Waals surface area contributed by atoms with Crippen LogP contribution in [0.2, 0.25) is 10.0 Å². The summed E-state index contributed by atoms with van der Waals surface area (Å²) in [6.07, 6.45) is 1.54. The van der Waals surface area contributed by atoms with Crippen LogP contribution in [-0.2, 0) is 11.3 Å². The van der Waals surface area contributed by atoms with Crippen LogP contribution in [0.4, 0.5) is 4.79 Å². The van der Waals surface area contributed by atoms with Gasteiger partial charge < -0.3 is 4.42 Å². The Morgan fingerprint density at radius 2 is 2.00 bits per heavy atom. The molecule has 1 aliphatic rings. The van der Waals surface area contributed by atoms with Gasteiger partial charge in [-0.1, -0.05) is 29.3 Å². The van der Waals surface area contributed by atoms with Crippen LogP contribution in [0.1, 0.15) is 11.3 Å². The zero-order chi connectivity index (χ0) is 16.6. The van der Waals surface area contributed by atoms with Crippen LogP contribution in [0.5, 0.6) is 0 Å². The lowest BCUT2D eigenvalue weighted by molar-refractivity contribution is -0.123. The summed E-state index contributed by atoms with van der Waals surface area (Å²) in [5, 5.41) is 0.560. The van der Waals surface area contributed by atoms with Crippen LogP contribution in [0.3, 0.4) is 0 Å². The van der Waals surface area contributed by atoms with E-state index >= 15 is 0 Å². The lowest BCUT2D eigenvalue weighted by Gasteiger charge is -2.13. The molecule has 0 atom stereocenters. The number of imide groups is 1. The van der Waals surface area contributed by atoms with Gasteiger partial charge in [-0.05, 0) is 57.5 Å². The smallest absolute Gasteiger partial charge is 0.293 e. The van der Waals surface area contributed by atoms with E-state index in [2.05, 4.69) is 15.9 Å². The molecule has 1 aromatic heterocycles. The van der Waals surface area contributed by atoms with Gasteiger partial charge in [0.05, 0.1) is 11.4 Å². The largest absolute Gasteiger partial charge is 0.450 e. The molecule has 0 radical (unpaired) electrons. The first kappa shape index (κ1) is 16.6. The molecule has 118 valence electrons. The van der Waals surface area contributed by atoms with Crippen molar-refractivity contribution in [2.45, 2.75) is 6.54 Å². The van der Waals surface area contributed by atoms with Crippen molar-refractivity contribution in [3.63, 3.8) is 0 Å². The first-order valence-corrected chi connectivity index (χ1v) is 8.75. The fourth-order valence-corrected chi connectivity index (χ4v) is 3.60. The maximum absolute atomic E-state index is 12.4. The van der Waals surface area contributed by atoms with Crippen molar-refractivity contribution in [1.29, 1.82) is 0 Å². The highest BCUT2D eigenvalue weighted by Crippen LogP contribution is 2.34. The van der Waals surface area contributed by atoms with E-state index in [1.807, 2.05) is 0 Å². The third-order valence-electron chi connectivity index (χ3n) is 3.08. The van der Waals surface area contributed by atoms with E-state index in [4.69, 9.17) is 27.6 Å². The molecule has 0 aliphatic carbocycles. The number of halogens is 3. The number of carbonyl (C=O) groups excluding carboxylic acids is 2. The SMILES string of the molecule is O=C1S/C(=C\c2ccc(Br)o2)C(=O)N1Cc1ccc(Cl)cc1Cl. The maximum atomic E-state index is 12.4. The van der Waals surface area contributed by atoms with Gasteiger partial charge in [0.1, 0.15) is 5.76 Å². The average molecular weight is 433 g/mol. The predicted octanol–water partition coefficient (Wildman–Crippen LogP) is 5.59. The number of thioether (sulfide) groups is 1. The van der Waals surface area contributed by atoms with Crippen LogP contribution < -0.4 is 0 Å². The summed E-state index contributed by atoms with van der Waals surface area (Å²) in [7, 11) is 0. The Morgan fingerprint density at radius 1 is 1.22 bits per heavy atom. The van der Waals surface area contributed by atoms with Gasteiger partial charge in [0.25, 0.3) is 11.1 Å². The number of benzene rings is 1. The zero-order valence-electron chi connectivity index (χ0n) is 11.4. The quantitative estimate of drug-likeness (QED) is 0.593. The maximum Gasteiger partial charge on any atom is 0.293 e. The zero-order valence-corrected chi connectivity index (χ0v) is 15.3. The van der Waals surface area contributed by atoms with E-state index in [0.29, 0.717) is 30.9 Å². The second-order valence-corrected chi connectivity index (χ2v) is 7.26. The molecule has 8 heteroatoms. The molecule has 1 aliphatic heterocycles. The Morgan fingerprint density at radius 3 is 2.65 bits per heavy atom. The molecule has 0 spiro atoms. The molecule has 0 saturated carbocycles. The van der Waals surface area contributed by atoms with E-state index in [9.17, 15) is 9.59 Å². The Hall–Kier alpha value is -1.21. The van der Waals surface area contributed by atoms with Crippen molar-refractivity contribution < 1.29 is 14.0 Å². The summed E-state index contributed by atoms with van der Waals surface area (Å²) < 4.78 is 5.88. The van der Waals surface area contributed by atoms with E-state index in [1.54, 1.807) is 36.4 Å². The van der Waals surface area contributed by atoms with Crippen LogP contribution in [0, 0.1) is 0 Å². The van der Waals surface area contributed by atoms with Gasteiger partial charge in [-0.25, -0.2) is 0 Å². The second kappa shape index (κ2) is 6.73. The number of hydrogen-bond acceptors (Lipinski definition) is 4. The molecular weight excluding hydrogens is 425 g/mol. The normalized spacial score (nSPS) is 16.7. The topological polar surface area (TPSA) is 50.5 Å². The fraction of sp³-hybridized carbons (Fsp3) is 0.0667. The second-order valence-electron chi connectivity index (χ2n) is 4.65. The number of amides is 2. The Bertz CT molecular complexity index is 834. The molecule has 3 rings (SSSR count). The van der Waals surface area contributed by atoms with Gasteiger partial charge in [0, 0.05) is 16.1 Å². The summed E-state index contributed by atoms with van der Waals surface area (Å²) in [5.41, 5.74) is 0.653. The molecule has 1 aromatic carbocycles. The first-order valence-electron chi connectivity index (χ1n) is 6.38. The van der Waals surface area contributed by atoms with Crippen molar-refractivity contribution in [1.82, 2.24) is 4.90 Å². The minimum absolute atomic E-state index is 0.0971. The lowest BCUT2D eigenvalue weighted by Crippen LogP contribution is -2.27. The number of hydrogen-bond donors (Lipinski definition) is 0. The monoisotopic (exact) mass is 431 g/mol. The molecule has 23 heavy (non-hydrogen) atoms. The third kappa shape index (κ3) is 3.66. The Kier molecular flexibility index (Phi) is 4.87. The van der Waals surface area contributed by atoms with Crippen molar-refractivity contribution in [3.8, 4) is 0 Å². The number of rotatable bonds is 3. The minimum Gasteiger partial charge on any atom is -0.450 e. The number of furan rings is 1. The van der Waals surface area contributed by atoms with Gasteiger partial charge in [0.15, 0.2) is 4.67 Å². The predicted molar refractivity (Wildman–Crippen MR) is 94.4 cm³/mol. The van der Waals surface area contributed by atoms with Crippen molar-refractivity contribution >= 4 is 68.1 Å². The van der Waals surface area contributed by atoms with Crippen LogP contribution in [-0.4, -0.2) is 16.0 Å². The summed E-state index contributed by atoms with van der Waals surface area (Å²) in [6.45, 7) is 0.0971. The van der Waals surface area contributed by atoms with Crippen LogP contribution in [0.15, 0.2) is 44.3 Å². The van der Waals surface area contributed by atoms with E-state index in [0.717, 1.165) is 16.7 Å². The summed E-state index contributed by atoms with van der Waals surface area (Å²) in [6, 6.07) is 8.35. The Balaban J connectivity index is 1.82. The van der Waals surface area contributed by atoms with E-state index in [1.165, 1.54) is 0 Å². The van der Waals surface area contributed by atoms with Gasteiger partial charge in [-0.3, -0.25) is 14.5 Å². The highest BCUT2D eigenvalue weighted by Gasteiger charge is 2.35. The van der Waals surface area contributed by atoms with E-state index in [-0.39, 0.29) is 17.7 Å². The van der Waals surface area contributed by atoms with Gasteiger partial charge >= 0.3 is 0 Å². The highest BCUT2D eigenvalue weighted by atomic mass is 79.9. The highest BCUT2D eigenvalue weighted by molar-refractivity contribution is 9.10. The number of nitrogens with zero attached hydrogens (tertiary/aromatic N) is 1. The first-order chi connectivity index (χ1) is 10.9. The minimum atomic E-state index is -0.376. The van der Waals surface area contributed by atoms with Crippen molar-refractivity contribution in [2.75, 3.05) is 0 Å². The molecule has 2 aromatic rings. The molecule has 0 unspecified atom stereocenters. The molecule has 0 bridgehead atoms. The standard InChI is InChI=1S/C15H8BrCl2NO3S/c16-13-4-3-10(22-13)6-12-14(20)19(15(21)23-12)7-8-1-2-9(17)5-11(8)18/h1-6H,7H2/b12-6-. The number of carbonyl (C=O) groups is 2. The molecule has 2 amide bonds. The molecule has 4 nitrogen and oxygen atoms in total. The Labute approximate surface area is 154 Å². The third-order valence-corrected chi connectivity index (χ3v) is 5.01. The fourth-order valence-electron chi connectivity index (χ4n) is 1.99. The molecule has 1 fully saturated rings. The van der Waals surface area contributed by atoms with E-state index < -0.39 is 0 Å². The van der Waals surface area contributed by atoms with Crippen molar-refractivity contribution in [2.24, 2.45) is 0 Å². The summed E-state index contributed by atoms with van der Waals surface area (Å²) >= 11 is 16.0. The van der Waals surface area contributed by atoms with Crippen LogP contribution in [0.25, 0.3) is 6.08 Å². The average Bonchev–Trinajstić information content (AvgIpc) is 3.00. The summed E-state index contributed by atoms with van der Waals surface area (Å²) in [5.74, 6) is 0.116. The molecule has 1 saturated heterocycles. The van der Waals surface area contributed by atoms with Crippen molar-refractivity contribution in [3.05, 3.63) is 61.3 Å². The molecule has 0 N–H and O–H groups in total. The molecular formula is C15H8BrCl2NO3S. The van der Waals surface area contributed by atoms with Gasteiger partial charge in [-0.2, -0.15) is 0 Å². The molecule has 2 heterocycles. The van der Waals surface area contributed by atoms with Gasteiger partial charge in [0.2, 0.25) is 0 Å². The lowest BCUT2D eigenvalue weighted by atomic mass is 10.2.